The van der Waals surface area contributed by atoms with Crippen LogP contribution in [0.3, 0.4) is 0 Å². The number of nitrogens with zero attached hydrogens (tertiary/aromatic N) is 2. The van der Waals surface area contributed by atoms with E-state index in [1.807, 2.05) is 0 Å². The fourth-order valence-corrected chi connectivity index (χ4v) is 1.71. The maximum atomic E-state index is 12.6. The van der Waals surface area contributed by atoms with Gasteiger partial charge in [-0.25, -0.2) is 4.98 Å². The Hall–Kier alpha value is -1.50. The topological polar surface area (TPSA) is 45.2 Å². The molecule has 0 aliphatic carbocycles. The average Bonchev–Trinajstić information content (AvgIpc) is 2.35. The molecule has 0 radical (unpaired) electrons. The Morgan fingerprint density at radius 2 is 2.10 bits per heavy atom. The highest BCUT2D eigenvalue weighted by Gasteiger charge is 2.31. The van der Waals surface area contributed by atoms with Crippen molar-refractivity contribution < 1.29 is 18.0 Å². The summed E-state index contributed by atoms with van der Waals surface area (Å²) in [4.78, 5) is 17.0. The maximum Gasteiger partial charge on any atom is 0.416 e. The van der Waals surface area contributed by atoms with Gasteiger partial charge >= 0.3 is 6.18 Å². The van der Waals surface area contributed by atoms with Gasteiger partial charge in [-0.2, -0.15) is 13.2 Å². The molecule has 0 fully saturated rings. The average molecular weight is 310 g/mol. The predicted molar refractivity (Wildman–Crippen MR) is 70.6 cm³/mol. The number of likely N-dealkylation sites (N-methyl/N-ethyl adjacent to an activating group) is 1. The molecular formula is C12H15ClF3N3O. The van der Waals surface area contributed by atoms with Crippen LogP contribution >= 0.6 is 11.6 Å². The number of alkyl halides is 3. The molecule has 1 N–H and O–H groups in total. The number of amides is 1. The van der Waals surface area contributed by atoms with Gasteiger partial charge in [0.1, 0.15) is 17.0 Å². The van der Waals surface area contributed by atoms with Crippen molar-refractivity contribution in [2.45, 2.75) is 26.1 Å². The summed E-state index contributed by atoms with van der Waals surface area (Å²) in [6.45, 7) is 3.84. The smallest absolute Gasteiger partial charge is 0.359 e. The van der Waals surface area contributed by atoms with Crippen molar-refractivity contribution in [1.82, 2.24) is 9.88 Å². The van der Waals surface area contributed by atoms with E-state index < -0.39 is 17.8 Å². The minimum atomic E-state index is -4.52. The molecule has 0 saturated heterocycles. The SMILES string of the molecule is CCN(C)C(=O)C(C)Nc1cc(C(F)(F)F)cc(Cl)n1. The highest BCUT2D eigenvalue weighted by Crippen LogP contribution is 2.32. The van der Waals surface area contributed by atoms with Gasteiger partial charge in [0.25, 0.3) is 0 Å². The number of hydrogen-bond acceptors (Lipinski definition) is 3. The first-order valence-electron chi connectivity index (χ1n) is 5.91. The van der Waals surface area contributed by atoms with Crippen molar-refractivity contribution in [1.29, 1.82) is 0 Å². The molecule has 0 bridgehead atoms. The summed E-state index contributed by atoms with van der Waals surface area (Å²) >= 11 is 5.56. The van der Waals surface area contributed by atoms with E-state index in [0.29, 0.717) is 6.54 Å². The summed E-state index contributed by atoms with van der Waals surface area (Å²) in [7, 11) is 1.60. The van der Waals surface area contributed by atoms with Gasteiger partial charge in [0.15, 0.2) is 0 Å². The third kappa shape index (κ3) is 4.26. The van der Waals surface area contributed by atoms with Crippen LogP contribution in [-0.2, 0) is 11.0 Å². The number of aromatic nitrogens is 1. The van der Waals surface area contributed by atoms with E-state index in [9.17, 15) is 18.0 Å². The van der Waals surface area contributed by atoms with Gasteiger partial charge in [0.2, 0.25) is 5.91 Å². The number of halogens is 4. The van der Waals surface area contributed by atoms with E-state index in [4.69, 9.17) is 11.6 Å². The van der Waals surface area contributed by atoms with Gasteiger partial charge in [0.05, 0.1) is 5.56 Å². The van der Waals surface area contributed by atoms with Gasteiger partial charge in [-0.1, -0.05) is 11.6 Å². The molecule has 0 spiro atoms. The molecule has 1 unspecified atom stereocenters. The first-order chi connectivity index (χ1) is 9.15. The van der Waals surface area contributed by atoms with Crippen molar-refractivity contribution in [3.63, 3.8) is 0 Å². The summed E-state index contributed by atoms with van der Waals surface area (Å²) in [5, 5.41) is 2.34. The Kier molecular flexibility index (Phi) is 5.21. The second-order valence-electron chi connectivity index (χ2n) is 4.28. The molecule has 1 atom stereocenters. The number of pyridine rings is 1. The molecule has 1 amide bonds. The van der Waals surface area contributed by atoms with Crippen LogP contribution in [-0.4, -0.2) is 35.4 Å². The first kappa shape index (κ1) is 16.6. The summed E-state index contributed by atoms with van der Waals surface area (Å²) in [6.07, 6.45) is -4.52. The van der Waals surface area contributed by atoms with Gasteiger partial charge in [-0.05, 0) is 26.0 Å². The molecular weight excluding hydrogens is 295 g/mol. The van der Waals surface area contributed by atoms with E-state index in [1.54, 1.807) is 20.9 Å². The molecule has 112 valence electrons. The number of hydrogen-bond donors (Lipinski definition) is 1. The number of rotatable bonds is 4. The molecule has 1 heterocycles. The molecule has 1 aromatic rings. The zero-order chi connectivity index (χ0) is 15.5. The van der Waals surface area contributed by atoms with Crippen LogP contribution in [0, 0.1) is 0 Å². The molecule has 8 heteroatoms. The third-order valence-corrected chi connectivity index (χ3v) is 2.90. The van der Waals surface area contributed by atoms with Crippen LogP contribution in [0.4, 0.5) is 19.0 Å². The highest BCUT2D eigenvalue weighted by atomic mass is 35.5. The zero-order valence-corrected chi connectivity index (χ0v) is 12.0. The quantitative estimate of drug-likeness (QED) is 0.870. The van der Waals surface area contributed by atoms with E-state index in [-0.39, 0.29) is 16.9 Å². The minimum Gasteiger partial charge on any atom is -0.359 e. The fourth-order valence-electron chi connectivity index (χ4n) is 1.50. The molecule has 1 aromatic heterocycles. The van der Waals surface area contributed by atoms with Crippen molar-refractivity contribution in [2.75, 3.05) is 18.9 Å². The monoisotopic (exact) mass is 309 g/mol. The summed E-state index contributed by atoms with van der Waals surface area (Å²) < 4.78 is 37.9. The molecule has 0 aromatic carbocycles. The van der Waals surface area contributed by atoms with Crippen LogP contribution < -0.4 is 5.32 Å². The van der Waals surface area contributed by atoms with Crippen LogP contribution in [0.25, 0.3) is 0 Å². The normalized spacial score (nSPS) is 12.9. The Balaban J connectivity index is 2.93. The zero-order valence-electron chi connectivity index (χ0n) is 11.3. The lowest BCUT2D eigenvalue weighted by Gasteiger charge is -2.21. The molecule has 20 heavy (non-hydrogen) atoms. The Labute approximate surface area is 119 Å². The van der Waals surface area contributed by atoms with E-state index in [2.05, 4.69) is 10.3 Å². The number of anilines is 1. The van der Waals surface area contributed by atoms with E-state index >= 15 is 0 Å². The highest BCUT2D eigenvalue weighted by molar-refractivity contribution is 6.29. The molecule has 0 aliphatic heterocycles. The molecule has 1 rings (SSSR count). The standard InChI is InChI=1S/C12H15ClF3N3O/c1-4-19(3)11(20)7(2)17-10-6-8(12(14,15)16)5-9(13)18-10/h5-7H,4H2,1-3H3,(H,17,18). The largest absolute Gasteiger partial charge is 0.416 e. The second-order valence-corrected chi connectivity index (χ2v) is 4.67. The number of carbonyl (C=O) groups is 1. The van der Waals surface area contributed by atoms with Gasteiger partial charge in [-0.3, -0.25) is 4.79 Å². The van der Waals surface area contributed by atoms with Crippen LogP contribution in [0.15, 0.2) is 12.1 Å². The first-order valence-corrected chi connectivity index (χ1v) is 6.29. The summed E-state index contributed by atoms with van der Waals surface area (Å²) in [5.41, 5.74) is -0.913. The maximum absolute atomic E-state index is 12.6. The number of carbonyl (C=O) groups excluding carboxylic acids is 1. The van der Waals surface area contributed by atoms with Crippen molar-refractivity contribution in [3.8, 4) is 0 Å². The van der Waals surface area contributed by atoms with Gasteiger partial charge in [-0.15, -0.1) is 0 Å². The van der Waals surface area contributed by atoms with Crippen molar-refractivity contribution >= 4 is 23.3 Å². The van der Waals surface area contributed by atoms with E-state index in [1.165, 1.54) is 4.90 Å². The molecule has 0 aliphatic rings. The van der Waals surface area contributed by atoms with Crippen molar-refractivity contribution in [3.05, 3.63) is 22.8 Å². The van der Waals surface area contributed by atoms with Crippen LogP contribution in [0.1, 0.15) is 19.4 Å². The summed E-state index contributed by atoms with van der Waals surface area (Å²) in [5.74, 6) is -0.335. The Bertz CT molecular complexity index is 493. The lowest BCUT2D eigenvalue weighted by atomic mass is 10.2. The summed E-state index contributed by atoms with van der Waals surface area (Å²) in [6, 6.07) is 0.853. The van der Waals surface area contributed by atoms with E-state index in [0.717, 1.165) is 12.1 Å². The fraction of sp³-hybridized carbons (Fsp3) is 0.500. The second kappa shape index (κ2) is 6.30. The van der Waals surface area contributed by atoms with Gasteiger partial charge in [0, 0.05) is 13.6 Å². The Morgan fingerprint density at radius 3 is 2.60 bits per heavy atom. The predicted octanol–water partition coefficient (Wildman–Crippen LogP) is 3.03. The van der Waals surface area contributed by atoms with Crippen molar-refractivity contribution in [2.24, 2.45) is 0 Å². The molecule has 0 saturated carbocycles. The number of nitrogens with one attached hydrogen (secondary N) is 1. The third-order valence-electron chi connectivity index (χ3n) is 2.71. The lowest BCUT2D eigenvalue weighted by Crippen LogP contribution is -2.39. The van der Waals surface area contributed by atoms with Crippen LogP contribution in [0.2, 0.25) is 5.15 Å². The van der Waals surface area contributed by atoms with Crippen LogP contribution in [0.5, 0.6) is 0 Å². The lowest BCUT2D eigenvalue weighted by molar-refractivity contribution is -0.137. The Morgan fingerprint density at radius 1 is 1.50 bits per heavy atom. The minimum absolute atomic E-state index is 0.0878. The van der Waals surface area contributed by atoms with Gasteiger partial charge < -0.3 is 10.2 Å². The molecule has 4 nitrogen and oxygen atoms in total.